The number of hydrogen-bond donors (Lipinski definition) is 1. The normalized spacial score (nSPS) is 10.1. The van der Waals surface area contributed by atoms with Crippen LogP contribution in [0.1, 0.15) is 11.1 Å². The monoisotopic (exact) mass is 333 g/mol. The molecule has 2 aromatic carbocycles. The number of carbonyl (C=O) groups excluding carboxylic acids is 1. The predicted octanol–water partition coefficient (Wildman–Crippen LogP) is 3.91. The molecule has 0 aliphatic rings. The molecule has 0 aliphatic carbocycles. The lowest BCUT2D eigenvalue weighted by molar-refractivity contribution is -0.142. The number of rotatable bonds is 5. The van der Waals surface area contributed by atoms with Crippen molar-refractivity contribution in [3.63, 3.8) is 0 Å². The molecule has 0 fully saturated rings. The first-order valence-corrected chi connectivity index (χ1v) is 7.13. The van der Waals surface area contributed by atoms with Crippen LogP contribution < -0.4 is 5.32 Å². The Labute approximate surface area is 127 Å². The minimum atomic E-state index is -0.270. The maximum Gasteiger partial charge on any atom is 0.325 e. The van der Waals surface area contributed by atoms with Crippen molar-refractivity contribution in [1.29, 1.82) is 0 Å². The largest absolute Gasteiger partial charge is 0.460 e. The standard InChI is InChI=1S/C16H16BrNO2/c1-12-2-8-15(9-3-12)18-10-16(19)20-11-13-4-6-14(17)7-5-13/h2-9,18H,10-11H2,1H3. The van der Waals surface area contributed by atoms with Crippen LogP contribution >= 0.6 is 15.9 Å². The Bertz CT molecular complexity index is 513. The second kappa shape index (κ2) is 7.10. The first-order chi connectivity index (χ1) is 9.63. The summed E-state index contributed by atoms with van der Waals surface area (Å²) in [5.74, 6) is -0.270. The van der Waals surface area contributed by atoms with E-state index in [0.29, 0.717) is 6.61 Å². The summed E-state index contributed by atoms with van der Waals surface area (Å²) in [5, 5.41) is 3.03. The number of halogens is 1. The number of esters is 1. The zero-order valence-corrected chi connectivity index (χ0v) is 12.8. The van der Waals surface area contributed by atoms with Crippen LogP contribution in [0.2, 0.25) is 0 Å². The molecule has 3 nitrogen and oxygen atoms in total. The molecular formula is C16H16BrNO2. The number of benzene rings is 2. The van der Waals surface area contributed by atoms with E-state index >= 15 is 0 Å². The molecule has 1 N–H and O–H groups in total. The first-order valence-electron chi connectivity index (χ1n) is 6.34. The number of nitrogens with one attached hydrogen (secondary N) is 1. The van der Waals surface area contributed by atoms with Gasteiger partial charge in [0.2, 0.25) is 0 Å². The Hall–Kier alpha value is -1.81. The van der Waals surface area contributed by atoms with Crippen molar-refractivity contribution in [2.75, 3.05) is 11.9 Å². The summed E-state index contributed by atoms with van der Waals surface area (Å²) in [6, 6.07) is 15.6. The minimum absolute atomic E-state index is 0.166. The second-order valence-corrected chi connectivity index (χ2v) is 5.42. The Morgan fingerprint density at radius 1 is 1.10 bits per heavy atom. The van der Waals surface area contributed by atoms with Crippen LogP contribution in [-0.2, 0) is 16.1 Å². The van der Waals surface area contributed by atoms with Gasteiger partial charge in [0, 0.05) is 10.2 Å². The molecule has 0 heterocycles. The highest BCUT2D eigenvalue weighted by Crippen LogP contribution is 2.11. The summed E-state index contributed by atoms with van der Waals surface area (Å²) < 4.78 is 6.20. The van der Waals surface area contributed by atoms with E-state index in [1.807, 2.05) is 55.5 Å². The molecule has 2 aromatic rings. The van der Waals surface area contributed by atoms with Gasteiger partial charge in [0.25, 0.3) is 0 Å². The third-order valence-electron chi connectivity index (χ3n) is 2.80. The average Bonchev–Trinajstić information content (AvgIpc) is 2.46. The molecule has 104 valence electrons. The van der Waals surface area contributed by atoms with Gasteiger partial charge in [0.1, 0.15) is 13.2 Å². The van der Waals surface area contributed by atoms with Crippen LogP contribution in [-0.4, -0.2) is 12.5 Å². The van der Waals surface area contributed by atoms with Gasteiger partial charge in [-0.2, -0.15) is 0 Å². The molecule has 0 aromatic heterocycles. The van der Waals surface area contributed by atoms with Crippen molar-refractivity contribution in [3.8, 4) is 0 Å². The van der Waals surface area contributed by atoms with E-state index in [4.69, 9.17) is 4.74 Å². The van der Waals surface area contributed by atoms with E-state index in [2.05, 4.69) is 21.2 Å². The Kier molecular flexibility index (Phi) is 5.18. The Morgan fingerprint density at radius 3 is 2.40 bits per heavy atom. The molecule has 0 atom stereocenters. The van der Waals surface area contributed by atoms with Crippen LogP contribution in [0.25, 0.3) is 0 Å². The molecule has 0 radical (unpaired) electrons. The molecule has 0 unspecified atom stereocenters. The number of carbonyl (C=O) groups is 1. The fourth-order valence-corrected chi connectivity index (χ4v) is 1.91. The lowest BCUT2D eigenvalue weighted by Gasteiger charge is -2.07. The van der Waals surface area contributed by atoms with Crippen LogP contribution in [0.3, 0.4) is 0 Å². The summed E-state index contributed by atoms with van der Waals surface area (Å²) in [6.45, 7) is 2.48. The minimum Gasteiger partial charge on any atom is -0.460 e. The Morgan fingerprint density at radius 2 is 1.75 bits per heavy atom. The summed E-state index contributed by atoms with van der Waals surface area (Å²) in [5.41, 5.74) is 3.07. The van der Waals surface area contributed by atoms with Crippen molar-refractivity contribution in [1.82, 2.24) is 0 Å². The number of anilines is 1. The Balaban J connectivity index is 1.75. The molecule has 0 spiro atoms. The highest BCUT2D eigenvalue weighted by Gasteiger charge is 2.03. The van der Waals surface area contributed by atoms with Gasteiger partial charge in [0.05, 0.1) is 0 Å². The topological polar surface area (TPSA) is 38.3 Å². The molecule has 0 bridgehead atoms. The summed E-state index contributed by atoms with van der Waals surface area (Å²) in [4.78, 5) is 11.6. The van der Waals surface area contributed by atoms with Crippen molar-refractivity contribution < 1.29 is 9.53 Å². The number of ether oxygens (including phenoxy) is 1. The molecule has 0 saturated carbocycles. The van der Waals surface area contributed by atoms with Crippen molar-refractivity contribution in [2.24, 2.45) is 0 Å². The van der Waals surface area contributed by atoms with Crippen molar-refractivity contribution in [3.05, 3.63) is 64.1 Å². The zero-order valence-electron chi connectivity index (χ0n) is 11.2. The quantitative estimate of drug-likeness (QED) is 0.843. The third kappa shape index (κ3) is 4.70. The van der Waals surface area contributed by atoms with Crippen LogP contribution in [0.15, 0.2) is 53.0 Å². The highest BCUT2D eigenvalue weighted by atomic mass is 79.9. The van der Waals surface area contributed by atoms with Gasteiger partial charge >= 0.3 is 5.97 Å². The van der Waals surface area contributed by atoms with Gasteiger partial charge in [0.15, 0.2) is 0 Å². The van der Waals surface area contributed by atoms with E-state index < -0.39 is 0 Å². The van der Waals surface area contributed by atoms with Gasteiger partial charge in [-0.15, -0.1) is 0 Å². The van der Waals surface area contributed by atoms with E-state index in [0.717, 1.165) is 15.7 Å². The van der Waals surface area contributed by atoms with Crippen LogP contribution in [0, 0.1) is 6.92 Å². The fraction of sp³-hybridized carbons (Fsp3) is 0.188. The van der Waals surface area contributed by atoms with Gasteiger partial charge < -0.3 is 10.1 Å². The zero-order chi connectivity index (χ0) is 14.4. The SMILES string of the molecule is Cc1ccc(NCC(=O)OCc2ccc(Br)cc2)cc1. The van der Waals surface area contributed by atoms with E-state index in [1.165, 1.54) is 5.56 Å². The van der Waals surface area contributed by atoms with E-state index in [1.54, 1.807) is 0 Å². The summed E-state index contributed by atoms with van der Waals surface area (Å²) >= 11 is 3.36. The van der Waals surface area contributed by atoms with Gasteiger partial charge in [-0.05, 0) is 36.8 Å². The van der Waals surface area contributed by atoms with Crippen molar-refractivity contribution in [2.45, 2.75) is 13.5 Å². The molecule has 0 aliphatic heterocycles. The van der Waals surface area contributed by atoms with Gasteiger partial charge in [-0.1, -0.05) is 45.8 Å². The molecule has 4 heteroatoms. The molecule has 0 saturated heterocycles. The molecule has 20 heavy (non-hydrogen) atoms. The van der Waals surface area contributed by atoms with Gasteiger partial charge in [-0.3, -0.25) is 4.79 Å². The van der Waals surface area contributed by atoms with Crippen LogP contribution in [0.4, 0.5) is 5.69 Å². The predicted molar refractivity (Wildman–Crippen MR) is 83.6 cm³/mol. The molecule has 0 amide bonds. The maximum atomic E-state index is 11.6. The smallest absolute Gasteiger partial charge is 0.325 e. The average molecular weight is 334 g/mol. The van der Waals surface area contributed by atoms with E-state index in [9.17, 15) is 4.79 Å². The van der Waals surface area contributed by atoms with Crippen LogP contribution in [0.5, 0.6) is 0 Å². The number of aryl methyl sites for hydroxylation is 1. The number of hydrogen-bond acceptors (Lipinski definition) is 3. The lowest BCUT2D eigenvalue weighted by atomic mass is 10.2. The lowest BCUT2D eigenvalue weighted by Crippen LogP contribution is -2.16. The van der Waals surface area contributed by atoms with E-state index in [-0.39, 0.29) is 12.5 Å². The maximum absolute atomic E-state index is 11.6. The summed E-state index contributed by atoms with van der Waals surface area (Å²) in [7, 11) is 0. The fourth-order valence-electron chi connectivity index (χ4n) is 1.64. The summed E-state index contributed by atoms with van der Waals surface area (Å²) in [6.07, 6.45) is 0. The highest BCUT2D eigenvalue weighted by molar-refractivity contribution is 9.10. The van der Waals surface area contributed by atoms with Gasteiger partial charge in [-0.25, -0.2) is 0 Å². The second-order valence-electron chi connectivity index (χ2n) is 4.51. The molecule has 2 rings (SSSR count). The first kappa shape index (κ1) is 14.6. The third-order valence-corrected chi connectivity index (χ3v) is 3.33. The molecular weight excluding hydrogens is 318 g/mol. The van der Waals surface area contributed by atoms with Crippen molar-refractivity contribution >= 4 is 27.6 Å².